The molecule has 0 aliphatic carbocycles. The fourth-order valence-electron chi connectivity index (χ4n) is 2.02. The highest BCUT2D eigenvalue weighted by atomic mass is 79.9. The van der Waals surface area contributed by atoms with Gasteiger partial charge in [-0.1, -0.05) is 18.2 Å². The highest BCUT2D eigenvalue weighted by molar-refractivity contribution is 9.10. The number of hydrogen-bond acceptors (Lipinski definition) is 3. The largest absolute Gasteiger partial charge is 0.324 e. The Labute approximate surface area is 123 Å². The zero-order valence-electron chi connectivity index (χ0n) is 9.97. The van der Waals surface area contributed by atoms with Gasteiger partial charge < -0.3 is 5.32 Å². The average molecular weight is 335 g/mol. The highest BCUT2D eigenvalue weighted by Gasteiger charge is 2.28. The molecule has 19 heavy (non-hydrogen) atoms. The van der Waals surface area contributed by atoms with Gasteiger partial charge in [0.1, 0.15) is 0 Å². The number of halogens is 1. The molecule has 1 atom stereocenters. The molecule has 1 unspecified atom stereocenters. The summed E-state index contributed by atoms with van der Waals surface area (Å²) in [5.41, 5.74) is 2.01. The van der Waals surface area contributed by atoms with Crippen molar-refractivity contribution in [1.82, 2.24) is 4.98 Å². The SMILES string of the molecule is O=C(Nc1ccncc1Br)C1Cc2ccccc2S1. The molecule has 0 radical (unpaired) electrons. The van der Waals surface area contributed by atoms with Crippen molar-refractivity contribution in [2.75, 3.05) is 5.32 Å². The number of thioether (sulfide) groups is 1. The third-order valence-corrected chi connectivity index (χ3v) is 4.92. The first-order valence-corrected chi connectivity index (χ1v) is 7.56. The predicted octanol–water partition coefficient (Wildman–Crippen LogP) is 3.50. The van der Waals surface area contributed by atoms with Crippen molar-refractivity contribution in [3.63, 3.8) is 0 Å². The zero-order valence-corrected chi connectivity index (χ0v) is 12.4. The number of pyridine rings is 1. The molecular weight excluding hydrogens is 324 g/mol. The number of amides is 1. The van der Waals surface area contributed by atoms with Crippen molar-refractivity contribution >= 4 is 39.3 Å². The number of benzene rings is 1. The van der Waals surface area contributed by atoms with Gasteiger partial charge in [0.2, 0.25) is 5.91 Å². The highest BCUT2D eigenvalue weighted by Crippen LogP contribution is 2.37. The van der Waals surface area contributed by atoms with E-state index < -0.39 is 0 Å². The molecule has 2 heterocycles. The summed E-state index contributed by atoms with van der Waals surface area (Å²) < 4.78 is 0.795. The second-order valence-electron chi connectivity index (χ2n) is 4.26. The zero-order chi connectivity index (χ0) is 13.2. The van der Waals surface area contributed by atoms with Crippen LogP contribution >= 0.6 is 27.7 Å². The number of nitrogens with one attached hydrogen (secondary N) is 1. The molecule has 3 nitrogen and oxygen atoms in total. The molecular formula is C14H11BrN2OS. The molecule has 3 rings (SSSR count). The van der Waals surface area contributed by atoms with Crippen LogP contribution in [-0.4, -0.2) is 16.1 Å². The molecule has 0 saturated heterocycles. The van der Waals surface area contributed by atoms with E-state index in [2.05, 4.69) is 38.4 Å². The molecule has 1 aromatic heterocycles. The van der Waals surface area contributed by atoms with Crippen molar-refractivity contribution < 1.29 is 4.79 Å². The van der Waals surface area contributed by atoms with Gasteiger partial charge in [0.05, 0.1) is 15.4 Å². The van der Waals surface area contributed by atoms with E-state index >= 15 is 0 Å². The minimum Gasteiger partial charge on any atom is -0.324 e. The first-order valence-electron chi connectivity index (χ1n) is 5.89. The standard InChI is InChI=1S/C14H11BrN2OS/c15-10-8-16-6-5-11(10)17-14(18)13-7-9-3-1-2-4-12(9)19-13/h1-6,8,13H,7H2,(H,16,17,18). The first kappa shape index (κ1) is 12.7. The van der Waals surface area contributed by atoms with Crippen LogP contribution in [0, 0.1) is 0 Å². The minimum absolute atomic E-state index is 0.0353. The van der Waals surface area contributed by atoms with Crippen LogP contribution in [0.1, 0.15) is 5.56 Å². The van der Waals surface area contributed by atoms with Crippen LogP contribution < -0.4 is 5.32 Å². The Morgan fingerprint density at radius 2 is 2.21 bits per heavy atom. The Morgan fingerprint density at radius 3 is 3.00 bits per heavy atom. The van der Waals surface area contributed by atoms with Crippen LogP contribution in [0.5, 0.6) is 0 Å². The number of carbonyl (C=O) groups is 1. The fourth-order valence-corrected chi connectivity index (χ4v) is 3.56. The summed E-state index contributed by atoms with van der Waals surface area (Å²) in [7, 11) is 0. The number of rotatable bonds is 2. The third-order valence-electron chi connectivity index (χ3n) is 2.97. The number of hydrogen-bond donors (Lipinski definition) is 1. The molecule has 1 amide bonds. The van der Waals surface area contributed by atoms with Crippen molar-refractivity contribution in [2.24, 2.45) is 0 Å². The number of fused-ring (bicyclic) bond motifs is 1. The number of anilines is 1. The van der Waals surface area contributed by atoms with Crippen LogP contribution in [0.2, 0.25) is 0 Å². The number of aromatic nitrogens is 1. The lowest BCUT2D eigenvalue weighted by molar-refractivity contribution is -0.115. The van der Waals surface area contributed by atoms with Crippen LogP contribution in [-0.2, 0) is 11.2 Å². The van der Waals surface area contributed by atoms with Crippen LogP contribution in [0.3, 0.4) is 0 Å². The second-order valence-corrected chi connectivity index (χ2v) is 6.36. The van der Waals surface area contributed by atoms with Gasteiger partial charge >= 0.3 is 0 Å². The molecule has 0 bridgehead atoms. The molecule has 0 saturated carbocycles. The molecule has 1 N–H and O–H groups in total. The molecule has 1 aromatic carbocycles. The number of nitrogens with zero attached hydrogens (tertiary/aromatic N) is 1. The molecule has 1 aliphatic heterocycles. The average Bonchev–Trinajstić information content (AvgIpc) is 2.85. The van der Waals surface area contributed by atoms with Gasteiger partial charge in [-0.25, -0.2) is 0 Å². The lowest BCUT2D eigenvalue weighted by atomic mass is 10.1. The maximum Gasteiger partial charge on any atom is 0.238 e. The molecule has 0 fully saturated rings. The molecule has 1 aliphatic rings. The van der Waals surface area contributed by atoms with E-state index in [1.807, 2.05) is 12.1 Å². The van der Waals surface area contributed by atoms with E-state index in [1.54, 1.807) is 30.2 Å². The van der Waals surface area contributed by atoms with Gasteiger partial charge in [-0.3, -0.25) is 9.78 Å². The van der Waals surface area contributed by atoms with Crippen molar-refractivity contribution in [1.29, 1.82) is 0 Å². The third kappa shape index (κ3) is 2.67. The van der Waals surface area contributed by atoms with E-state index in [4.69, 9.17) is 0 Å². The maximum atomic E-state index is 12.3. The van der Waals surface area contributed by atoms with E-state index in [0.717, 1.165) is 16.6 Å². The van der Waals surface area contributed by atoms with Gasteiger partial charge in [-0.15, -0.1) is 11.8 Å². The quantitative estimate of drug-likeness (QED) is 0.913. The summed E-state index contributed by atoms with van der Waals surface area (Å²) in [6, 6.07) is 9.95. The lowest BCUT2D eigenvalue weighted by Crippen LogP contribution is -2.24. The number of carbonyl (C=O) groups excluding carboxylic acids is 1. The second kappa shape index (κ2) is 5.35. The first-order chi connectivity index (χ1) is 9.24. The Hall–Kier alpha value is -1.33. The van der Waals surface area contributed by atoms with Crippen LogP contribution in [0.25, 0.3) is 0 Å². The molecule has 96 valence electrons. The predicted molar refractivity (Wildman–Crippen MR) is 80.4 cm³/mol. The van der Waals surface area contributed by atoms with Crippen molar-refractivity contribution in [3.8, 4) is 0 Å². The summed E-state index contributed by atoms with van der Waals surface area (Å²) in [5, 5.41) is 2.88. The van der Waals surface area contributed by atoms with Crippen molar-refractivity contribution in [2.45, 2.75) is 16.6 Å². The molecule has 2 aromatic rings. The molecule has 5 heteroatoms. The summed E-state index contributed by atoms with van der Waals surface area (Å²) in [4.78, 5) is 17.4. The maximum absolute atomic E-state index is 12.3. The fraction of sp³-hybridized carbons (Fsp3) is 0.143. The Bertz CT molecular complexity index is 607. The lowest BCUT2D eigenvalue weighted by Gasteiger charge is -2.10. The summed E-state index contributed by atoms with van der Waals surface area (Å²) in [6.07, 6.45) is 4.12. The topological polar surface area (TPSA) is 42.0 Å². The summed E-state index contributed by atoms with van der Waals surface area (Å²) >= 11 is 5.00. The van der Waals surface area contributed by atoms with E-state index in [9.17, 15) is 4.79 Å². The summed E-state index contributed by atoms with van der Waals surface area (Å²) in [6.45, 7) is 0. The van der Waals surface area contributed by atoms with E-state index in [0.29, 0.717) is 0 Å². The van der Waals surface area contributed by atoms with Crippen LogP contribution in [0.15, 0.2) is 52.1 Å². The van der Waals surface area contributed by atoms with Gasteiger partial charge in [-0.05, 0) is 40.0 Å². The molecule has 0 spiro atoms. The minimum atomic E-state index is -0.0579. The van der Waals surface area contributed by atoms with E-state index in [1.165, 1.54) is 10.5 Å². The monoisotopic (exact) mass is 334 g/mol. The van der Waals surface area contributed by atoms with Gasteiger partial charge in [0.25, 0.3) is 0 Å². The Balaban J connectivity index is 1.72. The van der Waals surface area contributed by atoms with Crippen LogP contribution in [0.4, 0.5) is 5.69 Å². The Kier molecular flexibility index (Phi) is 3.57. The normalized spacial score (nSPS) is 17.0. The van der Waals surface area contributed by atoms with E-state index in [-0.39, 0.29) is 11.2 Å². The summed E-state index contributed by atoms with van der Waals surface area (Å²) in [5.74, 6) is 0.0353. The smallest absolute Gasteiger partial charge is 0.238 e. The van der Waals surface area contributed by atoms with Crippen molar-refractivity contribution in [3.05, 3.63) is 52.8 Å². The van der Waals surface area contributed by atoms with Gasteiger partial charge in [0, 0.05) is 17.3 Å². The van der Waals surface area contributed by atoms with Gasteiger partial charge in [0.15, 0.2) is 0 Å². The van der Waals surface area contributed by atoms with Gasteiger partial charge in [-0.2, -0.15) is 0 Å². The Morgan fingerprint density at radius 1 is 1.37 bits per heavy atom.